The van der Waals surface area contributed by atoms with Crippen molar-refractivity contribution in [3.05, 3.63) is 183 Å². The number of allylic oxidation sites excluding steroid dienone is 1. The number of ether oxygens (including phenoxy) is 1. The minimum atomic E-state index is -0.335. The highest BCUT2D eigenvalue weighted by atomic mass is 16.5. The van der Waals surface area contributed by atoms with Crippen LogP contribution < -0.4 is 21.3 Å². The summed E-state index contributed by atoms with van der Waals surface area (Å²) in [5.74, 6) is 17.9. The van der Waals surface area contributed by atoms with Crippen LogP contribution in [0.1, 0.15) is 237 Å². The molecule has 614 valence electrons. The molecule has 0 spiro atoms. The molecular formula is C90H124N8O15. The normalized spacial score (nSPS) is 11.2. The van der Waals surface area contributed by atoms with Crippen molar-refractivity contribution in [1.82, 2.24) is 40.9 Å². The van der Waals surface area contributed by atoms with Crippen LogP contribution in [0.3, 0.4) is 0 Å². The summed E-state index contributed by atoms with van der Waals surface area (Å²) >= 11 is 0. The van der Waals surface area contributed by atoms with Gasteiger partial charge in [0.25, 0.3) is 23.6 Å². The van der Waals surface area contributed by atoms with Gasteiger partial charge in [0, 0.05) is 177 Å². The Balaban J connectivity index is 0.000000707. The number of ketones is 1. The van der Waals surface area contributed by atoms with E-state index in [0.29, 0.717) is 85.8 Å². The summed E-state index contributed by atoms with van der Waals surface area (Å²) in [4.78, 5) is 123. The molecule has 0 radical (unpaired) electrons. The van der Waals surface area contributed by atoms with Crippen molar-refractivity contribution >= 4 is 65.1 Å². The fourth-order valence-electron chi connectivity index (χ4n) is 9.61. The molecule has 113 heavy (non-hydrogen) atoms. The van der Waals surface area contributed by atoms with E-state index in [1.807, 2.05) is 67.6 Å². The van der Waals surface area contributed by atoms with Crippen molar-refractivity contribution < 1.29 is 73.1 Å². The first-order chi connectivity index (χ1) is 53.9. The quantitative estimate of drug-likeness (QED) is 0.0105. The van der Waals surface area contributed by atoms with Crippen molar-refractivity contribution in [3.8, 4) is 35.5 Å². The van der Waals surface area contributed by atoms with Crippen LogP contribution in [0.2, 0.25) is 0 Å². The Labute approximate surface area is 671 Å². The number of aliphatic hydroxyl groups excluding tert-OH is 4. The van der Waals surface area contributed by atoms with Gasteiger partial charge in [-0.2, -0.15) is 0 Å². The number of nitrogens with zero attached hydrogens (tertiary/aromatic N) is 4. The zero-order valence-corrected chi connectivity index (χ0v) is 69.1. The number of carbonyl (C=O) groups is 10. The molecule has 0 aromatic heterocycles. The lowest BCUT2D eigenvalue weighted by atomic mass is 10.0. The van der Waals surface area contributed by atoms with Gasteiger partial charge in [0.15, 0.2) is 0 Å². The van der Waals surface area contributed by atoms with Crippen LogP contribution in [-0.4, -0.2) is 213 Å². The molecule has 5 aromatic rings. The van der Waals surface area contributed by atoms with E-state index >= 15 is 0 Å². The molecule has 23 nitrogen and oxygen atoms in total. The van der Waals surface area contributed by atoms with Gasteiger partial charge in [-0.25, -0.2) is 4.79 Å². The minimum Gasteiger partial charge on any atom is -0.462 e. The van der Waals surface area contributed by atoms with Gasteiger partial charge in [-0.05, 0) is 182 Å². The Morgan fingerprint density at radius 3 is 1.15 bits per heavy atom. The minimum absolute atomic E-state index is 0.0723. The molecule has 0 fully saturated rings. The summed E-state index contributed by atoms with van der Waals surface area (Å²) in [6.07, 6.45) is 18.0. The summed E-state index contributed by atoms with van der Waals surface area (Å²) in [6, 6.07) is 35.0. The molecule has 0 heterocycles. The van der Waals surface area contributed by atoms with Crippen LogP contribution in [-0.2, 0) is 35.1 Å². The van der Waals surface area contributed by atoms with E-state index in [0.717, 1.165) is 98.4 Å². The second kappa shape index (κ2) is 60.0. The fourth-order valence-corrected chi connectivity index (χ4v) is 9.61. The number of amides is 8. The van der Waals surface area contributed by atoms with Gasteiger partial charge in [0.1, 0.15) is 5.78 Å². The number of hydrogen-bond donors (Lipinski definition) is 8. The third kappa shape index (κ3) is 47.3. The molecule has 5 aromatic carbocycles. The maximum absolute atomic E-state index is 12.0. The number of aryl methyl sites for hydroxylation is 1. The number of unbranched alkanes of at least 4 members (excludes halogenated alkanes) is 7. The molecule has 4 atom stereocenters. The average Bonchev–Trinajstić information content (AvgIpc) is 0.897. The Morgan fingerprint density at radius 2 is 0.743 bits per heavy atom. The first-order valence-corrected chi connectivity index (χ1v) is 38.7. The largest absolute Gasteiger partial charge is 0.462 e. The number of aliphatic hydroxyl groups is 4. The first kappa shape index (κ1) is 100. The van der Waals surface area contributed by atoms with E-state index in [9.17, 15) is 47.9 Å². The molecule has 4 unspecified atom stereocenters. The van der Waals surface area contributed by atoms with Crippen LogP contribution in [0.15, 0.2) is 127 Å². The van der Waals surface area contributed by atoms with Crippen molar-refractivity contribution in [3.63, 3.8) is 0 Å². The van der Waals surface area contributed by atoms with Crippen LogP contribution >= 0.6 is 0 Å². The van der Waals surface area contributed by atoms with Crippen molar-refractivity contribution in [1.29, 1.82) is 0 Å². The number of esters is 1. The van der Waals surface area contributed by atoms with Crippen molar-refractivity contribution in [2.45, 2.75) is 188 Å². The predicted molar refractivity (Wildman–Crippen MR) is 446 cm³/mol. The van der Waals surface area contributed by atoms with E-state index in [4.69, 9.17) is 25.2 Å². The van der Waals surface area contributed by atoms with E-state index in [2.05, 4.69) is 56.8 Å². The zero-order valence-electron chi connectivity index (χ0n) is 69.1. The van der Waals surface area contributed by atoms with Gasteiger partial charge < -0.3 is 66.0 Å². The smallest absolute Gasteiger partial charge is 0.338 e. The summed E-state index contributed by atoms with van der Waals surface area (Å²) in [5, 5.41) is 46.7. The van der Waals surface area contributed by atoms with E-state index in [1.165, 1.54) is 0 Å². The monoisotopic (exact) mass is 1560 g/mol. The molecule has 5 rings (SSSR count). The zero-order chi connectivity index (χ0) is 84.5. The lowest BCUT2D eigenvalue weighted by Gasteiger charge is -2.11. The molecule has 0 saturated carbocycles. The molecule has 0 bridgehead atoms. The summed E-state index contributed by atoms with van der Waals surface area (Å²) < 4.78 is 4.95. The highest BCUT2D eigenvalue weighted by Gasteiger charge is 2.15. The molecule has 8 N–H and O–H groups in total. The molecule has 0 aliphatic rings. The van der Waals surface area contributed by atoms with Crippen molar-refractivity contribution in [2.75, 3.05) is 89.4 Å². The summed E-state index contributed by atoms with van der Waals surface area (Å²) in [6.45, 7) is 10.6. The lowest BCUT2D eigenvalue weighted by molar-refractivity contribution is -0.129. The Morgan fingerprint density at radius 1 is 0.398 bits per heavy atom. The maximum Gasteiger partial charge on any atom is 0.338 e. The molecule has 8 amide bonds. The second-order valence-corrected chi connectivity index (χ2v) is 27.7. The highest BCUT2D eigenvalue weighted by Crippen LogP contribution is 2.15. The number of rotatable bonds is 36. The van der Waals surface area contributed by atoms with Crippen LogP contribution in [0, 0.1) is 35.5 Å². The van der Waals surface area contributed by atoms with Crippen LogP contribution in [0.4, 0.5) is 0 Å². The average molecular weight is 1560 g/mol. The summed E-state index contributed by atoms with van der Waals surface area (Å²) in [5.41, 5.74) is 7.12. The van der Waals surface area contributed by atoms with Gasteiger partial charge in [0.2, 0.25) is 23.6 Å². The molecular weight excluding hydrogens is 1430 g/mol. The van der Waals surface area contributed by atoms with Gasteiger partial charge in [-0.3, -0.25) is 43.2 Å². The van der Waals surface area contributed by atoms with Gasteiger partial charge >= 0.3 is 5.97 Å². The third-order valence-corrected chi connectivity index (χ3v) is 16.5. The summed E-state index contributed by atoms with van der Waals surface area (Å²) in [7, 11) is 14.1. The predicted octanol–water partition coefficient (Wildman–Crippen LogP) is 10.6. The number of nitrogens with one attached hydrogen (secondary N) is 4. The van der Waals surface area contributed by atoms with E-state index in [1.54, 1.807) is 183 Å². The van der Waals surface area contributed by atoms with Gasteiger partial charge in [0.05, 0.1) is 38.6 Å². The number of carbonyl (C=O) groups excluding carboxylic acids is 10. The number of hydrogen-bond acceptors (Lipinski definition) is 15. The molecule has 23 heteroatoms. The molecule has 0 saturated heterocycles. The van der Waals surface area contributed by atoms with Crippen LogP contribution in [0.5, 0.6) is 0 Å². The highest BCUT2D eigenvalue weighted by molar-refractivity contribution is 5.97. The van der Waals surface area contributed by atoms with E-state index < -0.39 is 0 Å². The molecule has 0 aliphatic carbocycles. The number of Topliss-reactive ketones (excluding diaryl/α,β-unsaturated/α-hetero) is 1. The van der Waals surface area contributed by atoms with E-state index in [-0.39, 0.29) is 110 Å². The van der Waals surface area contributed by atoms with Crippen molar-refractivity contribution in [2.24, 2.45) is 0 Å². The molecule has 0 aliphatic heterocycles. The fraction of sp³-hybridized carbons (Fsp3) is 0.467. The first-order valence-electron chi connectivity index (χ1n) is 38.7. The second-order valence-electron chi connectivity index (χ2n) is 27.7. The van der Waals surface area contributed by atoms with Gasteiger partial charge in [-0.15, -0.1) is 0 Å². The standard InChI is InChI=1S/C19H26N2O3.C18H28N2O3.C18H26N2O3.C18H23NO3.C17H21NO3/c1-15(14-22)20-19(24)17-11-8-10-16(13-17)9-6-4-5-7-12-18(23)21(2)3;2*1-14(13-21)19-18(23)16-10-7-9-15(12-16)8-5-4-6-11-17(22)20(2)3;1-3-17(21)11-6-4-5-8-15-9-7-10-16(12-15)18(22)19-14(2)13-20;1-4-21-17(20)15-11-8-10-14(13-15)9-6-5-7-12-16(19)18(2)3/h8,10-11,13,15,22H,4-5,7,12,14H2,1-3H3,(H,20,24);7,9-10,12,14,21H,4-6,8,11,13H2,1-3H3,(H,19,23);5,7-10,12,14,21H,4,6,11,13H2,1-3H3,(H,19,23);7,9-10,12,14,20H,3-4,6,11,13H2,1-2H3,(H,19,22);8,10-11,13H,4-5,7,12H2,1-3H3/b;;8-5-;;. The third-order valence-electron chi connectivity index (χ3n) is 16.5. The van der Waals surface area contributed by atoms with Crippen LogP contribution in [0.25, 0.3) is 6.08 Å². The lowest BCUT2D eigenvalue weighted by Crippen LogP contribution is -2.34. The maximum atomic E-state index is 12.0. The Kier molecular flexibility index (Phi) is 53.2. The number of benzene rings is 5. The Bertz CT molecular complexity index is 3980. The SMILES string of the molecule is CC(CO)NC(=O)c1cccc(/C=C\CCCC(=O)N(C)C)c1.CC(CO)NC(=O)c1cccc(C#CCCCCC(=O)N(C)C)c1.CC(CO)NC(=O)c1cccc(CCCCCC(=O)N(C)C)c1.CCC(=O)CCCC#Cc1cccc(C(=O)NC(C)CO)c1.CCOC(=O)c1cccc(C#CCCCC(=O)N(C)C)c1. The van der Waals surface area contributed by atoms with Gasteiger partial charge in [-0.1, -0.05) is 103 Å². The topological polar surface area (TPSA) is 322 Å². The Hall–Kier alpha value is -10.7.